The molecule has 0 unspecified atom stereocenters. The number of hydrogen-bond donors (Lipinski definition) is 1. The fourth-order valence-corrected chi connectivity index (χ4v) is 2.46. The Labute approximate surface area is 130 Å². The van der Waals surface area contributed by atoms with Gasteiger partial charge in [0.1, 0.15) is 6.10 Å². The maximum absolute atomic E-state index is 10.6. The van der Waals surface area contributed by atoms with Gasteiger partial charge in [-0.25, -0.2) is 0 Å². The van der Waals surface area contributed by atoms with E-state index in [0.29, 0.717) is 13.0 Å². The van der Waals surface area contributed by atoms with Gasteiger partial charge in [0.2, 0.25) is 0 Å². The first-order chi connectivity index (χ1) is 9.62. The minimum atomic E-state index is -0.843. The Kier molecular flexibility index (Phi) is 6.64. The lowest BCUT2D eigenvalue weighted by atomic mass is 9.93. The van der Waals surface area contributed by atoms with Crippen molar-refractivity contribution in [1.82, 2.24) is 0 Å². The molecule has 21 heavy (non-hydrogen) atoms. The summed E-state index contributed by atoms with van der Waals surface area (Å²) in [4.78, 5) is 0. The summed E-state index contributed by atoms with van der Waals surface area (Å²) >= 11 is 0. The van der Waals surface area contributed by atoms with Gasteiger partial charge in [0, 0.05) is 0 Å². The molecule has 1 rings (SSSR count). The summed E-state index contributed by atoms with van der Waals surface area (Å²) in [6, 6.07) is 0. The Balaban J connectivity index is 2.38. The van der Waals surface area contributed by atoms with Crippen LogP contribution >= 0.6 is 0 Å². The highest BCUT2D eigenvalue weighted by atomic mass is 16.7. The second-order valence-corrected chi connectivity index (χ2v) is 7.08. The van der Waals surface area contributed by atoms with Crippen LogP contribution in [0.5, 0.6) is 0 Å². The molecule has 1 aliphatic heterocycles. The molecule has 1 N–H and O–H groups in total. The SMILES string of the molecule is CC(C)=CCCC(C)=CCC[C@](C)(O)[C@@H]1COC(C)(C)O1. The summed E-state index contributed by atoms with van der Waals surface area (Å²) in [5, 5.41) is 10.6. The maximum atomic E-state index is 10.6. The van der Waals surface area contributed by atoms with Gasteiger partial charge in [-0.3, -0.25) is 0 Å². The van der Waals surface area contributed by atoms with Gasteiger partial charge in [-0.05, 0) is 67.2 Å². The molecule has 0 aromatic carbocycles. The largest absolute Gasteiger partial charge is 0.387 e. The predicted octanol–water partition coefficient (Wildman–Crippen LogP) is 4.36. The summed E-state index contributed by atoms with van der Waals surface area (Å²) in [5.41, 5.74) is 1.91. The zero-order valence-electron chi connectivity index (χ0n) is 14.5. The first kappa shape index (κ1) is 18.4. The van der Waals surface area contributed by atoms with E-state index >= 15 is 0 Å². The van der Waals surface area contributed by atoms with Crippen LogP contribution < -0.4 is 0 Å². The van der Waals surface area contributed by atoms with Crippen molar-refractivity contribution in [2.24, 2.45) is 0 Å². The van der Waals surface area contributed by atoms with Crippen LogP contribution in [-0.4, -0.2) is 29.2 Å². The Morgan fingerprint density at radius 3 is 2.43 bits per heavy atom. The number of allylic oxidation sites excluding steroid dienone is 4. The van der Waals surface area contributed by atoms with Crippen LogP contribution in [0.25, 0.3) is 0 Å². The number of hydrogen-bond acceptors (Lipinski definition) is 3. The molecular weight excluding hydrogens is 264 g/mol. The summed E-state index contributed by atoms with van der Waals surface area (Å²) in [7, 11) is 0. The molecular formula is C18H32O3. The molecule has 3 heteroatoms. The van der Waals surface area contributed by atoms with Crippen molar-refractivity contribution in [3.8, 4) is 0 Å². The van der Waals surface area contributed by atoms with Crippen LogP contribution in [-0.2, 0) is 9.47 Å². The molecule has 1 fully saturated rings. The highest BCUT2D eigenvalue weighted by Crippen LogP contribution is 2.31. The van der Waals surface area contributed by atoms with E-state index in [1.165, 1.54) is 11.1 Å². The van der Waals surface area contributed by atoms with E-state index in [4.69, 9.17) is 9.47 Å². The molecule has 0 bridgehead atoms. The Morgan fingerprint density at radius 2 is 1.90 bits per heavy atom. The van der Waals surface area contributed by atoms with Crippen LogP contribution in [0.2, 0.25) is 0 Å². The molecule has 0 radical (unpaired) electrons. The smallest absolute Gasteiger partial charge is 0.163 e. The first-order valence-electron chi connectivity index (χ1n) is 7.95. The molecule has 0 saturated carbocycles. The maximum Gasteiger partial charge on any atom is 0.163 e. The van der Waals surface area contributed by atoms with E-state index in [2.05, 4.69) is 32.9 Å². The molecule has 122 valence electrons. The third-order valence-electron chi connectivity index (χ3n) is 3.94. The molecule has 0 amide bonds. The topological polar surface area (TPSA) is 38.7 Å². The fourth-order valence-electron chi connectivity index (χ4n) is 2.46. The van der Waals surface area contributed by atoms with E-state index in [9.17, 15) is 5.11 Å². The van der Waals surface area contributed by atoms with Crippen molar-refractivity contribution >= 4 is 0 Å². The normalized spacial score (nSPS) is 24.7. The van der Waals surface area contributed by atoms with Crippen molar-refractivity contribution in [1.29, 1.82) is 0 Å². The number of rotatable bonds is 7. The lowest BCUT2D eigenvalue weighted by Crippen LogP contribution is -2.41. The van der Waals surface area contributed by atoms with E-state index in [0.717, 1.165) is 19.3 Å². The van der Waals surface area contributed by atoms with Gasteiger partial charge in [-0.2, -0.15) is 0 Å². The van der Waals surface area contributed by atoms with Gasteiger partial charge >= 0.3 is 0 Å². The van der Waals surface area contributed by atoms with Crippen LogP contribution in [0.3, 0.4) is 0 Å². The monoisotopic (exact) mass is 296 g/mol. The lowest BCUT2D eigenvalue weighted by molar-refractivity contribution is -0.167. The van der Waals surface area contributed by atoms with Crippen LogP contribution in [0.4, 0.5) is 0 Å². The van der Waals surface area contributed by atoms with Crippen LogP contribution in [0, 0.1) is 0 Å². The van der Waals surface area contributed by atoms with E-state index in [1.807, 2.05) is 20.8 Å². The van der Waals surface area contributed by atoms with Gasteiger partial charge in [0.15, 0.2) is 5.79 Å². The Hall–Kier alpha value is -0.640. The van der Waals surface area contributed by atoms with E-state index in [1.54, 1.807) is 0 Å². The molecule has 0 aromatic rings. The van der Waals surface area contributed by atoms with Gasteiger partial charge in [0.05, 0.1) is 12.2 Å². The van der Waals surface area contributed by atoms with Gasteiger partial charge in [0.25, 0.3) is 0 Å². The number of ether oxygens (including phenoxy) is 2. The van der Waals surface area contributed by atoms with Crippen molar-refractivity contribution in [3.05, 3.63) is 23.3 Å². The fraction of sp³-hybridized carbons (Fsp3) is 0.778. The molecule has 1 saturated heterocycles. The highest BCUT2D eigenvalue weighted by molar-refractivity contribution is 5.03. The predicted molar refractivity (Wildman–Crippen MR) is 87.2 cm³/mol. The van der Waals surface area contributed by atoms with Crippen molar-refractivity contribution in [2.75, 3.05) is 6.61 Å². The third-order valence-corrected chi connectivity index (χ3v) is 3.94. The van der Waals surface area contributed by atoms with Crippen molar-refractivity contribution < 1.29 is 14.6 Å². The lowest BCUT2D eigenvalue weighted by Gasteiger charge is -2.29. The average molecular weight is 296 g/mol. The van der Waals surface area contributed by atoms with Crippen LogP contribution in [0.15, 0.2) is 23.3 Å². The number of aliphatic hydroxyl groups is 1. The zero-order chi connectivity index (χ0) is 16.1. The Bertz CT molecular complexity index is 387. The average Bonchev–Trinajstić information content (AvgIpc) is 2.69. The summed E-state index contributed by atoms with van der Waals surface area (Å²) < 4.78 is 11.3. The van der Waals surface area contributed by atoms with Gasteiger partial charge in [-0.1, -0.05) is 23.3 Å². The quantitative estimate of drug-likeness (QED) is 0.709. The van der Waals surface area contributed by atoms with Crippen LogP contribution in [0.1, 0.15) is 67.2 Å². The van der Waals surface area contributed by atoms with E-state index in [-0.39, 0.29) is 6.10 Å². The Morgan fingerprint density at radius 1 is 1.24 bits per heavy atom. The molecule has 2 atom stereocenters. The standard InChI is InChI=1S/C18H32O3/c1-14(2)9-7-10-15(3)11-8-12-18(6,19)16-13-20-17(4,5)21-16/h9,11,16,19H,7-8,10,12-13H2,1-6H3/t16-,18-/m0/s1. The second kappa shape index (κ2) is 7.57. The molecule has 1 heterocycles. The van der Waals surface area contributed by atoms with Crippen molar-refractivity contribution in [2.45, 2.75) is 84.7 Å². The molecule has 0 aromatic heterocycles. The minimum Gasteiger partial charge on any atom is -0.387 e. The molecule has 3 nitrogen and oxygen atoms in total. The van der Waals surface area contributed by atoms with Gasteiger partial charge in [-0.15, -0.1) is 0 Å². The van der Waals surface area contributed by atoms with Crippen molar-refractivity contribution in [3.63, 3.8) is 0 Å². The molecule has 1 aliphatic rings. The van der Waals surface area contributed by atoms with E-state index < -0.39 is 11.4 Å². The molecule has 0 spiro atoms. The molecule has 0 aliphatic carbocycles. The summed E-state index contributed by atoms with van der Waals surface area (Å²) in [5.74, 6) is -0.579. The zero-order valence-corrected chi connectivity index (χ0v) is 14.5. The van der Waals surface area contributed by atoms with Gasteiger partial charge < -0.3 is 14.6 Å². The first-order valence-corrected chi connectivity index (χ1v) is 7.95. The second-order valence-electron chi connectivity index (χ2n) is 7.08. The summed E-state index contributed by atoms with van der Waals surface area (Å²) in [6.45, 7) is 12.5. The highest BCUT2D eigenvalue weighted by Gasteiger charge is 2.42. The minimum absolute atomic E-state index is 0.244. The third kappa shape index (κ3) is 6.77. The summed E-state index contributed by atoms with van der Waals surface area (Å²) in [6.07, 6.45) is 7.99.